The summed E-state index contributed by atoms with van der Waals surface area (Å²) in [5, 5.41) is 2.88. The number of hydrogen-bond donors (Lipinski definition) is 1. The molecule has 2 fully saturated rings. The first-order valence-corrected chi connectivity index (χ1v) is 5.09. The van der Waals surface area contributed by atoms with Crippen LogP contribution in [-0.4, -0.2) is 37.0 Å². The van der Waals surface area contributed by atoms with E-state index in [9.17, 15) is 4.79 Å². The minimum Gasteiger partial charge on any atom is -0.355 e. The van der Waals surface area contributed by atoms with Crippen molar-refractivity contribution in [3.63, 3.8) is 0 Å². The van der Waals surface area contributed by atoms with Crippen molar-refractivity contribution in [3.8, 4) is 0 Å². The van der Waals surface area contributed by atoms with Gasteiger partial charge in [-0.3, -0.25) is 9.69 Å². The summed E-state index contributed by atoms with van der Waals surface area (Å²) in [4.78, 5) is 13.6. The van der Waals surface area contributed by atoms with Crippen LogP contribution in [-0.2, 0) is 4.79 Å². The van der Waals surface area contributed by atoms with E-state index in [4.69, 9.17) is 0 Å². The van der Waals surface area contributed by atoms with Crippen molar-refractivity contribution in [2.24, 2.45) is 5.41 Å². The summed E-state index contributed by atoms with van der Waals surface area (Å²) >= 11 is 0. The van der Waals surface area contributed by atoms with Gasteiger partial charge in [-0.25, -0.2) is 0 Å². The average Bonchev–Trinajstić information content (AvgIpc) is 2.63. The molecule has 1 saturated carbocycles. The van der Waals surface area contributed by atoms with Gasteiger partial charge >= 0.3 is 0 Å². The molecule has 1 heterocycles. The second kappa shape index (κ2) is 2.98. The zero-order chi connectivity index (χ0) is 9.47. The Morgan fingerprint density at radius 2 is 2.31 bits per heavy atom. The Bertz CT molecular complexity index is 223. The largest absolute Gasteiger partial charge is 0.355 e. The van der Waals surface area contributed by atoms with Crippen molar-refractivity contribution >= 4 is 5.91 Å². The number of nitrogens with one attached hydrogen (secondary N) is 1. The summed E-state index contributed by atoms with van der Waals surface area (Å²) in [7, 11) is 2.07. The first-order valence-electron chi connectivity index (χ1n) is 5.09. The highest BCUT2D eigenvalue weighted by Gasteiger charge is 2.40. The van der Waals surface area contributed by atoms with Crippen LogP contribution in [0.25, 0.3) is 0 Å². The van der Waals surface area contributed by atoms with Gasteiger partial charge in [0.25, 0.3) is 0 Å². The van der Waals surface area contributed by atoms with Gasteiger partial charge in [-0.2, -0.15) is 0 Å². The van der Waals surface area contributed by atoms with E-state index in [0.717, 1.165) is 19.5 Å². The van der Waals surface area contributed by atoms with Gasteiger partial charge < -0.3 is 5.32 Å². The topological polar surface area (TPSA) is 32.3 Å². The Labute approximate surface area is 79.5 Å². The predicted octanol–water partition coefficient (Wildman–Crippen LogP) is 0.607. The molecule has 1 saturated heterocycles. The van der Waals surface area contributed by atoms with Gasteiger partial charge in [0.1, 0.15) is 0 Å². The lowest BCUT2D eigenvalue weighted by atomic mass is 10.1. The zero-order valence-electron chi connectivity index (χ0n) is 8.47. The molecule has 0 spiro atoms. The van der Waals surface area contributed by atoms with E-state index >= 15 is 0 Å². The van der Waals surface area contributed by atoms with E-state index in [1.165, 1.54) is 12.8 Å². The van der Waals surface area contributed by atoms with Crippen LogP contribution in [0.15, 0.2) is 0 Å². The van der Waals surface area contributed by atoms with Gasteiger partial charge in [0.2, 0.25) is 5.91 Å². The van der Waals surface area contributed by atoms with Crippen molar-refractivity contribution < 1.29 is 4.79 Å². The molecule has 1 amide bonds. The molecular weight excluding hydrogens is 164 g/mol. The van der Waals surface area contributed by atoms with Crippen LogP contribution >= 0.6 is 0 Å². The quantitative estimate of drug-likeness (QED) is 0.693. The standard InChI is InChI=1S/C10H18N2O/c1-10(4-5-10)7-12(2)8-3-6-11-9(8)13/h8H,3-7H2,1-2H3,(H,11,13). The molecule has 2 rings (SSSR count). The number of likely N-dealkylation sites (N-methyl/N-ethyl adjacent to an activating group) is 1. The lowest BCUT2D eigenvalue weighted by Gasteiger charge is -2.25. The van der Waals surface area contributed by atoms with Gasteiger partial charge in [-0.1, -0.05) is 6.92 Å². The van der Waals surface area contributed by atoms with Crippen LogP contribution in [0.5, 0.6) is 0 Å². The fraction of sp³-hybridized carbons (Fsp3) is 0.900. The van der Waals surface area contributed by atoms with Crippen molar-refractivity contribution in [1.29, 1.82) is 0 Å². The molecule has 3 heteroatoms. The molecule has 13 heavy (non-hydrogen) atoms. The van der Waals surface area contributed by atoms with E-state index in [1.54, 1.807) is 0 Å². The maximum absolute atomic E-state index is 11.4. The first-order chi connectivity index (χ1) is 6.11. The number of nitrogens with zero attached hydrogens (tertiary/aromatic N) is 1. The van der Waals surface area contributed by atoms with E-state index in [-0.39, 0.29) is 11.9 Å². The fourth-order valence-electron chi connectivity index (χ4n) is 2.09. The maximum Gasteiger partial charge on any atom is 0.237 e. The molecule has 1 aliphatic heterocycles. The van der Waals surface area contributed by atoms with Crippen LogP contribution < -0.4 is 5.32 Å². The normalized spacial score (nSPS) is 30.7. The number of carbonyl (C=O) groups is 1. The minimum absolute atomic E-state index is 0.137. The Morgan fingerprint density at radius 1 is 1.62 bits per heavy atom. The number of carbonyl (C=O) groups excluding carboxylic acids is 1. The van der Waals surface area contributed by atoms with Crippen molar-refractivity contribution in [2.75, 3.05) is 20.1 Å². The van der Waals surface area contributed by atoms with Gasteiger partial charge in [-0.05, 0) is 31.7 Å². The average molecular weight is 182 g/mol. The molecule has 1 aliphatic carbocycles. The minimum atomic E-state index is 0.137. The highest BCUT2D eigenvalue weighted by molar-refractivity contribution is 5.83. The van der Waals surface area contributed by atoms with Crippen molar-refractivity contribution in [2.45, 2.75) is 32.2 Å². The molecule has 1 unspecified atom stereocenters. The maximum atomic E-state index is 11.4. The molecule has 1 atom stereocenters. The monoisotopic (exact) mass is 182 g/mol. The van der Waals surface area contributed by atoms with E-state index in [1.807, 2.05) is 0 Å². The molecule has 1 N–H and O–H groups in total. The van der Waals surface area contributed by atoms with Crippen molar-refractivity contribution in [3.05, 3.63) is 0 Å². The summed E-state index contributed by atoms with van der Waals surface area (Å²) in [6, 6.07) is 0.137. The van der Waals surface area contributed by atoms with Gasteiger partial charge in [0.15, 0.2) is 0 Å². The van der Waals surface area contributed by atoms with Crippen LogP contribution in [0.2, 0.25) is 0 Å². The summed E-state index contributed by atoms with van der Waals surface area (Å²) in [6.45, 7) is 4.23. The molecule has 0 radical (unpaired) electrons. The Balaban J connectivity index is 1.88. The molecular formula is C10H18N2O. The molecule has 74 valence electrons. The molecule has 0 bridgehead atoms. The van der Waals surface area contributed by atoms with Crippen molar-refractivity contribution in [1.82, 2.24) is 10.2 Å². The first kappa shape index (κ1) is 9.00. The predicted molar refractivity (Wildman–Crippen MR) is 51.4 cm³/mol. The third-order valence-electron chi connectivity index (χ3n) is 3.29. The molecule has 3 nitrogen and oxygen atoms in total. The van der Waals surface area contributed by atoms with Crippen LogP contribution in [0.1, 0.15) is 26.2 Å². The third-order valence-corrected chi connectivity index (χ3v) is 3.29. The molecule has 0 aromatic heterocycles. The van der Waals surface area contributed by atoms with Crippen LogP contribution in [0, 0.1) is 5.41 Å². The van der Waals surface area contributed by atoms with Crippen LogP contribution in [0.3, 0.4) is 0 Å². The lowest BCUT2D eigenvalue weighted by Crippen LogP contribution is -2.40. The SMILES string of the molecule is CN(CC1(C)CC1)C1CCNC1=O. The van der Waals surface area contributed by atoms with E-state index in [0.29, 0.717) is 5.41 Å². The summed E-state index contributed by atoms with van der Waals surface area (Å²) in [5.41, 5.74) is 0.512. The fourth-order valence-corrected chi connectivity index (χ4v) is 2.09. The molecule has 0 aromatic carbocycles. The Morgan fingerprint density at radius 3 is 2.77 bits per heavy atom. The van der Waals surface area contributed by atoms with Gasteiger partial charge in [-0.15, -0.1) is 0 Å². The third kappa shape index (κ3) is 1.85. The summed E-state index contributed by atoms with van der Waals surface area (Å²) in [6.07, 6.45) is 3.63. The highest BCUT2D eigenvalue weighted by Crippen LogP contribution is 2.45. The van der Waals surface area contributed by atoms with E-state index < -0.39 is 0 Å². The summed E-state index contributed by atoms with van der Waals surface area (Å²) < 4.78 is 0. The Kier molecular flexibility index (Phi) is 2.06. The smallest absolute Gasteiger partial charge is 0.237 e. The highest BCUT2D eigenvalue weighted by atomic mass is 16.2. The lowest BCUT2D eigenvalue weighted by molar-refractivity contribution is -0.123. The second-order valence-corrected chi connectivity index (χ2v) is 4.82. The number of rotatable bonds is 3. The van der Waals surface area contributed by atoms with Gasteiger partial charge in [0.05, 0.1) is 6.04 Å². The number of amides is 1. The molecule has 0 aromatic rings. The number of hydrogen-bond acceptors (Lipinski definition) is 2. The Hall–Kier alpha value is -0.570. The summed E-state index contributed by atoms with van der Waals surface area (Å²) in [5.74, 6) is 0.215. The van der Waals surface area contributed by atoms with E-state index in [2.05, 4.69) is 24.2 Å². The molecule has 2 aliphatic rings. The van der Waals surface area contributed by atoms with Crippen LogP contribution in [0.4, 0.5) is 0 Å². The zero-order valence-corrected chi connectivity index (χ0v) is 8.47. The second-order valence-electron chi connectivity index (χ2n) is 4.82. The van der Waals surface area contributed by atoms with Gasteiger partial charge in [0, 0.05) is 13.1 Å².